The van der Waals surface area contributed by atoms with Crippen molar-refractivity contribution >= 4 is 5.91 Å². The number of nitrogens with one attached hydrogen (secondary N) is 1. The Morgan fingerprint density at radius 2 is 1.55 bits per heavy atom. The molecule has 3 heteroatoms. The van der Waals surface area contributed by atoms with Crippen LogP contribution in [0.1, 0.15) is 82.6 Å². The van der Waals surface area contributed by atoms with Gasteiger partial charge in [-0.15, -0.1) is 0 Å². The lowest BCUT2D eigenvalue weighted by Gasteiger charge is -2.64. The Morgan fingerprint density at radius 1 is 0.903 bits per heavy atom. The second-order valence-electron chi connectivity index (χ2n) is 12.2. The molecule has 31 heavy (non-hydrogen) atoms. The fraction of sp³-hybridized carbons (Fsp3) is 0.750. The van der Waals surface area contributed by atoms with Gasteiger partial charge in [0.2, 0.25) is 5.91 Å². The molecule has 7 rings (SSSR count). The van der Waals surface area contributed by atoms with Gasteiger partial charge in [-0.1, -0.05) is 43.2 Å². The minimum absolute atomic E-state index is 0.119. The highest BCUT2D eigenvalue weighted by Crippen LogP contribution is 2.68. The maximum absolute atomic E-state index is 13.9. The number of rotatable bonds is 6. The van der Waals surface area contributed by atoms with E-state index in [1.807, 2.05) is 0 Å². The molecule has 6 saturated carbocycles. The van der Waals surface area contributed by atoms with Crippen LogP contribution in [0.3, 0.4) is 0 Å². The van der Waals surface area contributed by atoms with Crippen LogP contribution in [0.15, 0.2) is 30.3 Å². The molecule has 0 saturated heterocycles. The predicted octanol–water partition coefficient (Wildman–Crippen LogP) is 5.18. The zero-order chi connectivity index (χ0) is 21.1. The lowest BCUT2D eigenvalue weighted by Crippen LogP contribution is -2.62. The van der Waals surface area contributed by atoms with Gasteiger partial charge in [-0.05, 0) is 111 Å². The van der Waals surface area contributed by atoms with E-state index in [0.29, 0.717) is 17.9 Å². The third-order valence-corrected chi connectivity index (χ3v) is 10.2. The zero-order valence-corrected chi connectivity index (χ0v) is 19.0. The molecule has 6 aliphatic rings. The van der Waals surface area contributed by atoms with Gasteiger partial charge in [-0.3, -0.25) is 4.79 Å². The van der Waals surface area contributed by atoms with E-state index in [9.17, 15) is 4.79 Å². The molecule has 2 unspecified atom stereocenters. The SMILES string of the molecule is NCC1CCC(NC(=O)C23CC4CC(c5ccccc5)(CC(C2)C4CC2CC2)C3)CC1. The molecule has 0 heterocycles. The molecule has 0 aliphatic heterocycles. The van der Waals surface area contributed by atoms with Crippen molar-refractivity contribution in [1.29, 1.82) is 0 Å². The highest BCUT2D eigenvalue weighted by Gasteiger charge is 2.64. The molecule has 3 N–H and O–H groups in total. The Labute approximate surface area is 187 Å². The van der Waals surface area contributed by atoms with Gasteiger partial charge in [0.1, 0.15) is 0 Å². The van der Waals surface area contributed by atoms with Crippen LogP contribution in [0.4, 0.5) is 0 Å². The van der Waals surface area contributed by atoms with E-state index in [0.717, 1.165) is 62.3 Å². The maximum Gasteiger partial charge on any atom is 0.226 e. The first-order valence-corrected chi connectivity index (χ1v) is 13.2. The number of carbonyl (C=O) groups is 1. The van der Waals surface area contributed by atoms with E-state index >= 15 is 0 Å². The van der Waals surface area contributed by atoms with Gasteiger partial charge >= 0.3 is 0 Å². The Balaban J connectivity index is 1.25. The van der Waals surface area contributed by atoms with Gasteiger partial charge < -0.3 is 11.1 Å². The zero-order valence-electron chi connectivity index (χ0n) is 19.0. The fourth-order valence-electron chi connectivity index (χ4n) is 8.64. The van der Waals surface area contributed by atoms with Crippen molar-refractivity contribution in [2.45, 2.75) is 88.5 Å². The summed E-state index contributed by atoms with van der Waals surface area (Å²) < 4.78 is 0. The van der Waals surface area contributed by atoms with Crippen LogP contribution in [-0.4, -0.2) is 18.5 Å². The van der Waals surface area contributed by atoms with Gasteiger partial charge in [-0.2, -0.15) is 0 Å². The second-order valence-corrected chi connectivity index (χ2v) is 12.2. The molecule has 3 nitrogen and oxygen atoms in total. The van der Waals surface area contributed by atoms with Gasteiger partial charge in [0, 0.05) is 6.04 Å². The van der Waals surface area contributed by atoms with Gasteiger partial charge in [-0.25, -0.2) is 0 Å². The van der Waals surface area contributed by atoms with Crippen molar-refractivity contribution in [3.8, 4) is 0 Å². The Bertz CT molecular complexity index is 792. The lowest BCUT2D eigenvalue weighted by atomic mass is 9.39. The Morgan fingerprint density at radius 3 is 2.16 bits per heavy atom. The predicted molar refractivity (Wildman–Crippen MR) is 124 cm³/mol. The van der Waals surface area contributed by atoms with Crippen LogP contribution in [0, 0.1) is 35.0 Å². The van der Waals surface area contributed by atoms with E-state index in [-0.39, 0.29) is 10.8 Å². The van der Waals surface area contributed by atoms with Crippen molar-refractivity contribution in [2.24, 2.45) is 40.7 Å². The molecule has 1 aromatic carbocycles. The van der Waals surface area contributed by atoms with Crippen LogP contribution in [0.2, 0.25) is 0 Å². The lowest BCUT2D eigenvalue weighted by molar-refractivity contribution is -0.159. The highest BCUT2D eigenvalue weighted by molar-refractivity contribution is 5.84. The van der Waals surface area contributed by atoms with Gasteiger partial charge in [0.05, 0.1) is 5.41 Å². The van der Waals surface area contributed by atoms with Gasteiger partial charge in [0.25, 0.3) is 0 Å². The van der Waals surface area contributed by atoms with Crippen LogP contribution in [0.25, 0.3) is 0 Å². The van der Waals surface area contributed by atoms with Crippen LogP contribution >= 0.6 is 0 Å². The van der Waals surface area contributed by atoms with E-state index in [4.69, 9.17) is 5.73 Å². The summed E-state index contributed by atoms with van der Waals surface area (Å²) in [6.45, 7) is 0.802. The monoisotopic (exact) mass is 420 g/mol. The van der Waals surface area contributed by atoms with E-state index in [2.05, 4.69) is 35.6 Å². The molecule has 1 aromatic rings. The number of amides is 1. The summed E-state index contributed by atoms with van der Waals surface area (Å²) in [7, 11) is 0. The molecule has 0 aromatic heterocycles. The summed E-state index contributed by atoms with van der Waals surface area (Å²) in [6, 6.07) is 11.6. The number of benzene rings is 1. The first-order chi connectivity index (χ1) is 15.1. The number of nitrogens with two attached hydrogens (primary N) is 1. The summed E-state index contributed by atoms with van der Waals surface area (Å²) in [4.78, 5) is 13.9. The van der Waals surface area contributed by atoms with Crippen LogP contribution < -0.4 is 11.1 Å². The topological polar surface area (TPSA) is 55.1 Å². The summed E-state index contributed by atoms with van der Waals surface area (Å²) in [5.74, 6) is 4.45. The van der Waals surface area contributed by atoms with Crippen LogP contribution in [-0.2, 0) is 10.2 Å². The molecule has 1 amide bonds. The third-order valence-electron chi connectivity index (χ3n) is 10.2. The van der Waals surface area contributed by atoms with E-state index in [1.165, 1.54) is 50.5 Å². The van der Waals surface area contributed by atoms with Crippen molar-refractivity contribution < 1.29 is 4.79 Å². The van der Waals surface area contributed by atoms with Crippen molar-refractivity contribution in [2.75, 3.05) is 6.54 Å². The van der Waals surface area contributed by atoms with Crippen molar-refractivity contribution in [1.82, 2.24) is 5.32 Å². The molecular formula is C28H40N2O. The second kappa shape index (κ2) is 7.61. The summed E-state index contributed by atoms with van der Waals surface area (Å²) in [5.41, 5.74) is 7.52. The Kier molecular flexibility index (Phi) is 4.98. The number of hydrogen-bond donors (Lipinski definition) is 2. The summed E-state index contributed by atoms with van der Waals surface area (Å²) in [5, 5.41) is 3.58. The quantitative estimate of drug-likeness (QED) is 0.666. The van der Waals surface area contributed by atoms with Gasteiger partial charge in [0.15, 0.2) is 0 Å². The average Bonchev–Trinajstić information content (AvgIpc) is 3.61. The maximum atomic E-state index is 13.9. The molecule has 0 spiro atoms. The first kappa shape index (κ1) is 20.3. The van der Waals surface area contributed by atoms with E-state index in [1.54, 1.807) is 0 Å². The molecule has 6 aliphatic carbocycles. The summed E-state index contributed by atoms with van der Waals surface area (Å²) in [6.07, 6.45) is 15.0. The molecule has 2 atom stereocenters. The minimum Gasteiger partial charge on any atom is -0.353 e. The molecule has 4 bridgehead atoms. The molecule has 0 radical (unpaired) electrons. The fourth-order valence-corrected chi connectivity index (χ4v) is 8.64. The molecule has 168 valence electrons. The largest absolute Gasteiger partial charge is 0.353 e. The third kappa shape index (κ3) is 3.56. The van der Waals surface area contributed by atoms with Crippen LogP contribution in [0.5, 0.6) is 0 Å². The van der Waals surface area contributed by atoms with E-state index < -0.39 is 0 Å². The normalized spacial score (nSPS) is 43.7. The molecular weight excluding hydrogens is 380 g/mol. The van der Waals surface area contributed by atoms with Crippen molar-refractivity contribution in [3.63, 3.8) is 0 Å². The average molecular weight is 421 g/mol. The minimum atomic E-state index is -0.119. The summed E-state index contributed by atoms with van der Waals surface area (Å²) >= 11 is 0. The first-order valence-electron chi connectivity index (χ1n) is 13.2. The molecule has 6 fully saturated rings. The van der Waals surface area contributed by atoms with Crippen molar-refractivity contribution in [3.05, 3.63) is 35.9 Å². The highest BCUT2D eigenvalue weighted by atomic mass is 16.2. The standard InChI is InChI=1S/C28H40N2O/c29-17-20-8-10-24(11-9-20)30-26(31)28-15-21-13-27(18-28,23-4-2-1-3-5-23)14-22(16-28)25(21)12-19-6-7-19/h1-5,19-22,24-25H,6-18,29H2,(H,30,31). The Hall–Kier alpha value is -1.35. The smallest absolute Gasteiger partial charge is 0.226 e. The number of carbonyl (C=O) groups excluding carboxylic acids is 1. The number of hydrogen-bond acceptors (Lipinski definition) is 2.